The van der Waals surface area contributed by atoms with Crippen molar-refractivity contribution in [3.63, 3.8) is 0 Å². The van der Waals surface area contributed by atoms with Gasteiger partial charge in [0.1, 0.15) is 6.61 Å². The van der Waals surface area contributed by atoms with Crippen LogP contribution in [0, 0.1) is 12.8 Å². The van der Waals surface area contributed by atoms with E-state index in [2.05, 4.69) is 10.1 Å². The molecule has 2 aromatic rings. The summed E-state index contributed by atoms with van der Waals surface area (Å²) in [5.41, 5.74) is 1.03. The lowest BCUT2D eigenvalue weighted by Crippen LogP contribution is -2.44. The number of methoxy groups -OCH3 is 1. The molecule has 1 aromatic carbocycles. The SMILES string of the molecule is COc1cccc2c1OCC(C(=O)N1CCC(c3noc(C)n3)CC1)C2. The Balaban J connectivity index is 1.38. The molecule has 1 aromatic heterocycles. The molecular weight excluding hydrogens is 334 g/mol. The minimum Gasteiger partial charge on any atom is -0.493 e. The molecule has 3 heterocycles. The maximum absolute atomic E-state index is 12.9. The summed E-state index contributed by atoms with van der Waals surface area (Å²) in [4.78, 5) is 19.2. The molecule has 0 N–H and O–H groups in total. The Hall–Kier alpha value is -2.57. The van der Waals surface area contributed by atoms with Crippen LogP contribution in [-0.2, 0) is 11.2 Å². The molecule has 7 nitrogen and oxygen atoms in total. The minimum absolute atomic E-state index is 0.140. The van der Waals surface area contributed by atoms with Crippen molar-refractivity contribution in [2.75, 3.05) is 26.8 Å². The number of likely N-dealkylation sites (tertiary alicyclic amines) is 1. The van der Waals surface area contributed by atoms with E-state index in [1.54, 1.807) is 14.0 Å². The lowest BCUT2D eigenvalue weighted by molar-refractivity contribution is -0.138. The second kappa shape index (κ2) is 6.97. The van der Waals surface area contributed by atoms with Gasteiger partial charge in [-0.25, -0.2) is 0 Å². The highest BCUT2D eigenvalue weighted by molar-refractivity contribution is 5.80. The zero-order valence-corrected chi connectivity index (χ0v) is 15.1. The standard InChI is InChI=1S/C19H23N3O4/c1-12-20-18(21-26-12)13-6-8-22(9-7-13)19(23)15-10-14-4-3-5-16(24-2)17(14)25-11-15/h3-5,13,15H,6-11H2,1-2H3. The Labute approximate surface area is 152 Å². The Morgan fingerprint density at radius 1 is 1.31 bits per heavy atom. The summed E-state index contributed by atoms with van der Waals surface area (Å²) in [6.07, 6.45) is 2.42. The minimum atomic E-state index is -0.140. The lowest BCUT2D eigenvalue weighted by Gasteiger charge is -2.34. The molecule has 1 fully saturated rings. The fourth-order valence-corrected chi connectivity index (χ4v) is 3.81. The Bertz CT molecular complexity index is 796. The van der Waals surface area contributed by atoms with Gasteiger partial charge >= 0.3 is 0 Å². The number of carbonyl (C=O) groups is 1. The first-order chi connectivity index (χ1) is 12.7. The highest BCUT2D eigenvalue weighted by Gasteiger charge is 2.33. The molecule has 4 rings (SSSR count). The summed E-state index contributed by atoms with van der Waals surface area (Å²) in [6, 6.07) is 5.82. The fourth-order valence-electron chi connectivity index (χ4n) is 3.81. The van der Waals surface area contributed by atoms with Gasteiger partial charge in [-0.05, 0) is 30.9 Å². The van der Waals surface area contributed by atoms with E-state index in [1.807, 2.05) is 23.1 Å². The largest absolute Gasteiger partial charge is 0.493 e. The average Bonchev–Trinajstić information content (AvgIpc) is 3.13. The highest BCUT2D eigenvalue weighted by Crippen LogP contribution is 2.37. The van der Waals surface area contributed by atoms with Crippen molar-refractivity contribution in [3.8, 4) is 11.5 Å². The van der Waals surface area contributed by atoms with Gasteiger partial charge in [-0.3, -0.25) is 4.79 Å². The van der Waals surface area contributed by atoms with E-state index in [4.69, 9.17) is 14.0 Å². The first kappa shape index (κ1) is 16.9. The third-order valence-corrected chi connectivity index (χ3v) is 5.24. The molecule has 1 saturated heterocycles. The molecule has 2 aliphatic heterocycles. The average molecular weight is 357 g/mol. The van der Waals surface area contributed by atoms with Gasteiger partial charge in [-0.2, -0.15) is 4.98 Å². The smallest absolute Gasteiger partial charge is 0.229 e. The molecule has 0 spiro atoms. The van der Waals surface area contributed by atoms with Crippen molar-refractivity contribution in [1.82, 2.24) is 15.0 Å². The molecule has 0 bridgehead atoms. The third kappa shape index (κ3) is 3.13. The van der Waals surface area contributed by atoms with Gasteiger partial charge in [-0.15, -0.1) is 0 Å². The van der Waals surface area contributed by atoms with Gasteiger partial charge in [-0.1, -0.05) is 17.3 Å². The molecule has 0 aliphatic carbocycles. The zero-order chi connectivity index (χ0) is 18.1. The van der Waals surface area contributed by atoms with Gasteiger partial charge in [0.05, 0.1) is 13.0 Å². The molecule has 1 atom stereocenters. The summed E-state index contributed by atoms with van der Waals surface area (Å²) in [5.74, 6) is 3.14. The van der Waals surface area contributed by atoms with E-state index in [0.29, 0.717) is 18.9 Å². The number of hydrogen-bond acceptors (Lipinski definition) is 6. The Morgan fingerprint density at radius 3 is 2.81 bits per heavy atom. The number of fused-ring (bicyclic) bond motifs is 1. The summed E-state index contributed by atoms with van der Waals surface area (Å²) < 4.78 is 16.3. The number of aromatic nitrogens is 2. The van der Waals surface area contributed by atoms with Gasteiger partial charge in [0, 0.05) is 25.9 Å². The first-order valence-electron chi connectivity index (χ1n) is 9.03. The monoisotopic (exact) mass is 357 g/mol. The van der Waals surface area contributed by atoms with Crippen LogP contribution in [-0.4, -0.2) is 47.8 Å². The summed E-state index contributed by atoms with van der Waals surface area (Å²) >= 11 is 0. The maximum Gasteiger partial charge on any atom is 0.229 e. The number of carbonyl (C=O) groups excluding carboxylic acids is 1. The van der Waals surface area contributed by atoms with E-state index in [0.717, 1.165) is 48.8 Å². The highest BCUT2D eigenvalue weighted by atomic mass is 16.5. The molecule has 7 heteroatoms. The van der Waals surface area contributed by atoms with Gasteiger partial charge < -0.3 is 18.9 Å². The lowest BCUT2D eigenvalue weighted by atomic mass is 9.92. The van der Waals surface area contributed by atoms with Crippen LogP contribution in [0.3, 0.4) is 0 Å². The van der Waals surface area contributed by atoms with Gasteiger partial charge in [0.15, 0.2) is 17.3 Å². The second-order valence-corrected chi connectivity index (χ2v) is 6.93. The Morgan fingerprint density at radius 2 is 2.12 bits per heavy atom. The molecule has 138 valence electrons. The van der Waals surface area contributed by atoms with Crippen molar-refractivity contribution in [2.45, 2.75) is 32.1 Å². The van der Waals surface area contributed by atoms with E-state index in [9.17, 15) is 4.79 Å². The molecule has 2 aliphatic rings. The van der Waals surface area contributed by atoms with Crippen LogP contribution in [0.15, 0.2) is 22.7 Å². The quantitative estimate of drug-likeness (QED) is 0.839. The predicted molar refractivity (Wildman–Crippen MR) is 93.3 cm³/mol. The van der Waals surface area contributed by atoms with Crippen molar-refractivity contribution in [1.29, 1.82) is 0 Å². The molecule has 26 heavy (non-hydrogen) atoms. The van der Waals surface area contributed by atoms with Crippen LogP contribution in [0.5, 0.6) is 11.5 Å². The number of ether oxygens (including phenoxy) is 2. The van der Waals surface area contributed by atoms with E-state index in [1.165, 1.54) is 0 Å². The van der Waals surface area contributed by atoms with Crippen molar-refractivity contribution in [3.05, 3.63) is 35.5 Å². The number of piperidine rings is 1. The maximum atomic E-state index is 12.9. The topological polar surface area (TPSA) is 77.7 Å². The van der Waals surface area contributed by atoms with Gasteiger partial charge in [0.25, 0.3) is 0 Å². The normalized spacial score (nSPS) is 20.4. The van der Waals surface area contributed by atoms with E-state index < -0.39 is 0 Å². The zero-order valence-electron chi connectivity index (χ0n) is 15.1. The summed E-state index contributed by atoms with van der Waals surface area (Å²) in [6.45, 7) is 3.64. The third-order valence-electron chi connectivity index (χ3n) is 5.24. The summed E-state index contributed by atoms with van der Waals surface area (Å²) in [7, 11) is 1.63. The number of aryl methyl sites for hydroxylation is 1. The summed E-state index contributed by atoms with van der Waals surface area (Å²) in [5, 5.41) is 4.02. The van der Waals surface area contributed by atoms with E-state index >= 15 is 0 Å². The number of amides is 1. The fraction of sp³-hybridized carbons (Fsp3) is 0.526. The molecule has 0 saturated carbocycles. The van der Waals surface area contributed by atoms with Crippen molar-refractivity contribution < 1.29 is 18.8 Å². The number of benzene rings is 1. The van der Waals surface area contributed by atoms with Gasteiger partial charge in [0.2, 0.25) is 11.8 Å². The van der Waals surface area contributed by atoms with Crippen LogP contribution in [0.1, 0.15) is 36.0 Å². The van der Waals surface area contributed by atoms with Crippen molar-refractivity contribution >= 4 is 5.91 Å². The Kier molecular flexibility index (Phi) is 4.53. The molecule has 1 amide bonds. The molecular formula is C19H23N3O4. The predicted octanol–water partition coefficient (Wildman–Crippen LogP) is 2.34. The first-order valence-corrected chi connectivity index (χ1v) is 9.03. The number of hydrogen-bond donors (Lipinski definition) is 0. The number of para-hydroxylation sites is 1. The van der Waals surface area contributed by atoms with Crippen LogP contribution in [0.25, 0.3) is 0 Å². The van der Waals surface area contributed by atoms with Crippen LogP contribution in [0.2, 0.25) is 0 Å². The van der Waals surface area contributed by atoms with E-state index in [-0.39, 0.29) is 17.7 Å². The number of nitrogens with zero attached hydrogens (tertiary/aromatic N) is 3. The second-order valence-electron chi connectivity index (χ2n) is 6.93. The van der Waals surface area contributed by atoms with Crippen LogP contribution >= 0.6 is 0 Å². The number of rotatable bonds is 3. The molecule has 0 radical (unpaired) electrons. The van der Waals surface area contributed by atoms with Crippen LogP contribution < -0.4 is 9.47 Å². The van der Waals surface area contributed by atoms with Crippen molar-refractivity contribution in [2.24, 2.45) is 5.92 Å². The molecule has 1 unspecified atom stereocenters. The van der Waals surface area contributed by atoms with Crippen LogP contribution in [0.4, 0.5) is 0 Å².